The zero-order valence-electron chi connectivity index (χ0n) is 18.7. The Morgan fingerprint density at radius 1 is 0.938 bits per heavy atom. The monoisotopic (exact) mass is 436 g/mol. The number of nitrogens with one attached hydrogen (secondary N) is 2. The van der Waals surface area contributed by atoms with E-state index in [1.54, 1.807) is 18.2 Å². The molecule has 4 rings (SSSR count). The van der Waals surface area contributed by atoms with Crippen LogP contribution in [0.4, 0.5) is 5.69 Å². The van der Waals surface area contributed by atoms with Crippen molar-refractivity contribution in [2.45, 2.75) is 40.0 Å². The van der Waals surface area contributed by atoms with Crippen LogP contribution in [0.15, 0.2) is 35.1 Å². The van der Waals surface area contributed by atoms with E-state index in [1.165, 1.54) is 0 Å². The molecule has 0 aliphatic heterocycles. The molecule has 1 amide bonds. The summed E-state index contributed by atoms with van der Waals surface area (Å²) in [5.74, 6) is 1.11. The molecule has 0 fully saturated rings. The molecule has 1 aliphatic carbocycles. The number of ether oxygens (including phenoxy) is 3. The van der Waals surface area contributed by atoms with E-state index in [0.29, 0.717) is 48.3 Å². The van der Waals surface area contributed by atoms with Crippen LogP contribution in [0.2, 0.25) is 0 Å². The average molecular weight is 437 g/mol. The molecule has 32 heavy (non-hydrogen) atoms. The minimum atomic E-state index is -0.308. The van der Waals surface area contributed by atoms with Gasteiger partial charge in [0.15, 0.2) is 11.5 Å². The quantitative estimate of drug-likeness (QED) is 0.544. The zero-order chi connectivity index (χ0) is 22.7. The normalized spacial score (nSPS) is 12.5. The van der Waals surface area contributed by atoms with E-state index in [1.807, 2.05) is 32.9 Å². The summed E-state index contributed by atoms with van der Waals surface area (Å²) in [7, 11) is 0. The molecule has 0 bridgehead atoms. The standard InChI is InChI=1S/C25H28N2O5/c1-4-30-21-12-15(13-22(31-5-2)23(21)32-6-3)24(28)26-16-10-11-18-17-8-7-9-19(17)25(29)27-20(18)14-16/h10-14H,4-9H2,1-3H3,(H,26,28)(H,27,29). The number of hydrogen-bond acceptors (Lipinski definition) is 5. The maximum absolute atomic E-state index is 13.1. The highest BCUT2D eigenvalue weighted by molar-refractivity contribution is 6.06. The van der Waals surface area contributed by atoms with Gasteiger partial charge >= 0.3 is 0 Å². The van der Waals surface area contributed by atoms with Crippen molar-refractivity contribution in [3.05, 3.63) is 57.4 Å². The minimum Gasteiger partial charge on any atom is -0.490 e. The summed E-state index contributed by atoms with van der Waals surface area (Å²) in [4.78, 5) is 28.4. The number of pyridine rings is 1. The van der Waals surface area contributed by atoms with Crippen molar-refractivity contribution in [2.75, 3.05) is 25.1 Å². The van der Waals surface area contributed by atoms with Crippen molar-refractivity contribution in [3.63, 3.8) is 0 Å². The number of carbonyl (C=O) groups is 1. The van der Waals surface area contributed by atoms with E-state index < -0.39 is 0 Å². The third-order valence-corrected chi connectivity index (χ3v) is 5.51. The maximum Gasteiger partial charge on any atom is 0.255 e. The lowest BCUT2D eigenvalue weighted by Gasteiger charge is -2.17. The second-order valence-electron chi connectivity index (χ2n) is 7.58. The maximum atomic E-state index is 13.1. The zero-order valence-corrected chi connectivity index (χ0v) is 18.7. The Balaban J connectivity index is 1.66. The number of hydrogen-bond donors (Lipinski definition) is 2. The largest absolute Gasteiger partial charge is 0.490 e. The van der Waals surface area contributed by atoms with Gasteiger partial charge in [-0.2, -0.15) is 0 Å². The Bertz CT molecular complexity index is 1190. The first-order valence-corrected chi connectivity index (χ1v) is 11.1. The smallest absolute Gasteiger partial charge is 0.255 e. The van der Waals surface area contributed by atoms with Gasteiger partial charge in [-0.15, -0.1) is 0 Å². The van der Waals surface area contributed by atoms with Crippen molar-refractivity contribution in [3.8, 4) is 17.2 Å². The molecule has 0 radical (unpaired) electrons. The van der Waals surface area contributed by atoms with Crippen LogP contribution in [0.3, 0.4) is 0 Å². The number of aryl methyl sites for hydroxylation is 1. The van der Waals surface area contributed by atoms with E-state index in [4.69, 9.17) is 14.2 Å². The molecular weight excluding hydrogens is 408 g/mol. The molecule has 0 unspecified atom stereocenters. The second-order valence-corrected chi connectivity index (χ2v) is 7.58. The Hall–Kier alpha value is -3.48. The molecule has 168 valence electrons. The van der Waals surface area contributed by atoms with Gasteiger partial charge in [-0.25, -0.2) is 0 Å². The summed E-state index contributed by atoms with van der Waals surface area (Å²) < 4.78 is 17.1. The summed E-state index contributed by atoms with van der Waals surface area (Å²) in [6, 6.07) is 8.93. The van der Waals surface area contributed by atoms with Crippen LogP contribution in [0.1, 0.15) is 48.7 Å². The summed E-state index contributed by atoms with van der Waals surface area (Å²) in [5.41, 5.74) is 3.68. The highest BCUT2D eigenvalue weighted by Gasteiger charge is 2.20. The number of fused-ring (bicyclic) bond motifs is 3. The van der Waals surface area contributed by atoms with Crippen molar-refractivity contribution < 1.29 is 19.0 Å². The van der Waals surface area contributed by atoms with Crippen LogP contribution in [0.25, 0.3) is 10.9 Å². The van der Waals surface area contributed by atoms with Crippen molar-refractivity contribution in [1.29, 1.82) is 0 Å². The van der Waals surface area contributed by atoms with Gasteiger partial charge in [0.25, 0.3) is 11.5 Å². The highest BCUT2D eigenvalue weighted by atomic mass is 16.5. The number of H-pyrrole nitrogens is 1. The number of aromatic amines is 1. The molecule has 0 atom stereocenters. The minimum absolute atomic E-state index is 0.0392. The van der Waals surface area contributed by atoms with E-state index in [-0.39, 0.29) is 11.5 Å². The first-order valence-electron chi connectivity index (χ1n) is 11.1. The van der Waals surface area contributed by atoms with Crippen LogP contribution in [-0.4, -0.2) is 30.7 Å². The second kappa shape index (κ2) is 9.34. The van der Waals surface area contributed by atoms with Crippen molar-refractivity contribution in [1.82, 2.24) is 4.98 Å². The van der Waals surface area contributed by atoms with Gasteiger partial charge in [0.2, 0.25) is 5.75 Å². The molecule has 7 heteroatoms. The van der Waals surface area contributed by atoms with Crippen molar-refractivity contribution >= 4 is 22.5 Å². The van der Waals surface area contributed by atoms with Crippen LogP contribution >= 0.6 is 0 Å². The number of amides is 1. The van der Waals surface area contributed by atoms with Gasteiger partial charge in [-0.05, 0) is 69.9 Å². The molecule has 1 aromatic heterocycles. The molecule has 2 N–H and O–H groups in total. The first-order chi connectivity index (χ1) is 15.5. The Labute approximate surface area is 186 Å². The van der Waals surface area contributed by atoms with Crippen LogP contribution in [0, 0.1) is 0 Å². The Kier molecular flexibility index (Phi) is 6.35. The highest BCUT2D eigenvalue weighted by Crippen LogP contribution is 2.39. The molecule has 2 aromatic carbocycles. The fraction of sp³-hybridized carbons (Fsp3) is 0.360. The fourth-order valence-corrected chi connectivity index (χ4v) is 4.20. The average Bonchev–Trinajstić information content (AvgIpc) is 3.27. The van der Waals surface area contributed by atoms with Crippen molar-refractivity contribution in [2.24, 2.45) is 0 Å². The topological polar surface area (TPSA) is 89.7 Å². The number of rotatable bonds is 8. The lowest BCUT2D eigenvalue weighted by molar-refractivity contribution is 0.102. The number of benzene rings is 2. The Morgan fingerprint density at radius 3 is 2.25 bits per heavy atom. The van der Waals surface area contributed by atoms with E-state index in [0.717, 1.165) is 41.3 Å². The fourth-order valence-electron chi connectivity index (χ4n) is 4.20. The van der Waals surface area contributed by atoms with Gasteiger partial charge < -0.3 is 24.5 Å². The molecular formula is C25H28N2O5. The number of anilines is 1. The lowest BCUT2D eigenvalue weighted by atomic mass is 10.1. The van der Waals surface area contributed by atoms with E-state index >= 15 is 0 Å². The summed E-state index contributed by atoms with van der Waals surface area (Å²) in [6.45, 7) is 6.93. The Morgan fingerprint density at radius 2 is 1.59 bits per heavy atom. The predicted molar refractivity (Wildman–Crippen MR) is 124 cm³/mol. The van der Waals surface area contributed by atoms with Gasteiger partial charge in [0.1, 0.15) is 0 Å². The first kappa shape index (κ1) is 21.7. The SMILES string of the molecule is CCOc1cc(C(=O)Nc2ccc3c4c(c(=O)[nH]c3c2)CCC4)cc(OCC)c1OCC. The van der Waals surface area contributed by atoms with Crippen LogP contribution in [-0.2, 0) is 12.8 Å². The summed E-state index contributed by atoms with van der Waals surface area (Å²) in [5, 5.41) is 3.95. The van der Waals surface area contributed by atoms with Crippen LogP contribution < -0.4 is 25.1 Å². The molecule has 3 aromatic rings. The molecule has 0 spiro atoms. The van der Waals surface area contributed by atoms with Gasteiger partial charge in [0.05, 0.1) is 25.3 Å². The molecule has 1 heterocycles. The van der Waals surface area contributed by atoms with Gasteiger partial charge in [-0.1, -0.05) is 6.07 Å². The van der Waals surface area contributed by atoms with Gasteiger partial charge in [0, 0.05) is 22.2 Å². The molecule has 7 nitrogen and oxygen atoms in total. The predicted octanol–water partition coefficient (Wildman–Crippen LogP) is 4.47. The number of carbonyl (C=O) groups excluding carboxylic acids is 1. The third-order valence-electron chi connectivity index (χ3n) is 5.51. The molecule has 0 saturated carbocycles. The van der Waals surface area contributed by atoms with E-state index in [2.05, 4.69) is 10.3 Å². The van der Waals surface area contributed by atoms with Gasteiger partial charge in [-0.3, -0.25) is 9.59 Å². The number of aromatic nitrogens is 1. The van der Waals surface area contributed by atoms with E-state index in [9.17, 15) is 9.59 Å². The summed E-state index contributed by atoms with van der Waals surface area (Å²) >= 11 is 0. The molecule has 1 aliphatic rings. The van der Waals surface area contributed by atoms with Crippen LogP contribution in [0.5, 0.6) is 17.2 Å². The third kappa shape index (κ3) is 4.15. The summed E-state index contributed by atoms with van der Waals surface area (Å²) in [6.07, 6.45) is 2.73. The lowest BCUT2D eigenvalue weighted by Crippen LogP contribution is -2.15. The molecule has 0 saturated heterocycles.